The Balaban J connectivity index is 1.41. The number of aromatic nitrogens is 2. The fraction of sp³-hybridized carbons (Fsp3) is 0.737. The van der Waals surface area contributed by atoms with Crippen LogP contribution < -0.4 is 16.0 Å². The molecule has 0 spiro atoms. The highest BCUT2D eigenvalue weighted by Crippen LogP contribution is 2.16. The first-order chi connectivity index (χ1) is 13.2. The molecule has 3 rings (SSSR count). The number of rotatable bonds is 7. The van der Waals surface area contributed by atoms with E-state index in [1.807, 2.05) is 17.8 Å². The van der Waals surface area contributed by atoms with Crippen LogP contribution >= 0.6 is 0 Å². The predicted molar refractivity (Wildman–Crippen MR) is 104 cm³/mol. The number of amides is 2. The summed E-state index contributed by atoms with van der Waals surface area (Å²) < 4.78 is 1.92. The van der Waals surface area contributed by atoms with E-state index >= 15 is 0 Å². The fourth-order valence-electron chi connectivity index (χ4n) is 3.74. The zero-order chi connectivity index (χ0) is 19.1. The molecule has 2 saturated heterocycles. The Labute approximate surface area is 161 Å². The molecule has 0 aromatic carbocycles. The molecule has 8 nitrogen and oxygen atoms in total. The standard InChI is InChI=1S/C19H32N6O2/c1-2-8-21-18(26)14-24-10-5-15(6-11-24)22-19(27)17-7-12-25(23-17)16-4-3-9-20-13-16/h7,12,15-16,20H,2-6,8-11,13-14H2,1H3,(H,21,26)(H,22,27). The van der Waals surface area contributed by atoms with Gasteiger partial charge in [-0.25, -0.2) is 0 Å². The second-order valence-corrected chi connectivity index (χ2v) is 7.56. The van der Waals surface area contributed by atoms with Crippen molar-refractivity contribution in [2.24, 2.45) is 0 Å². The minimum atomic E-state index is -0.100. The lowest BCUT2D eigenvalue weighted by molar-refractivity contribution is -0.122. The van der Waals surface area contributed by atoms with Gasteiger partial charge in [0.2, 0.25) is 5.91 Å². The summed E-state index contributed by atoms with van der Waals surface area (Å²) in [5.41, 5.74) is 0.488. The average molecular weight is 377 g/mol. The van der Waals surface area contributed by atoms with E-state index in [2.05, 4.69) is 25.9 Å². The molecular formula is C19H32N6O2. The number of nitrogens with one attached hydrogen (secondary N) is 3. The van der Waals surface area contributed by atoms with Crippen LogP contribution in [0.5, 0.6) is 0 Å². The minimum absolute atomic E-state index is 0.0853. The monoisotopic (exact) mass is 376 g/mol. The number of hydrogen-bond acceptors (Lipinski definition) is 5. The molecule has 0 bridgehead atoms. The lowest BCUT2D eigenvalue weighted by Gasteiger charge is -2.31. The summed E-state index contributed by atoms with van der Waals surface area (Å²) in [4.78, 5) is 26.5. The second kappa shape index (κ2) is 9.85. The first-order valence-corrected chi connectivity index (χ1v) is 10.2. The number of nitrogens with zero attached hydrogens (tertiary/aromatic N) is 3. The van der Waals surface area contributed by atoms with Gasteiger partial charge in [0.1, 0.15) is 5.69 Å². The van der Waals surface area contributed by atoms with Crippen LogP contribution in [-0.4, -0.2) is 71.8 Å². The Hall–Kier alpha value is -1.93. The maximum Gasteiger partial charge on any atom is 0.271 e. The van der Waals surface area contributed by atoms with Crippen LogP contribution in [0.2, 0.25) is 0 Å². The summed E-state index contributed by atoms with van der Waals surface area (Å²) in [5.74, 6) is -0.0151. The van der Waals surface area contributed by atoms with Crippen molar-refractivity contribution < 1.29 is 9.59 Å². The molecule has 0 aliphatic carbocycles. The van der Waals surface area contributed by atoms with Crippen molar-refractivity contribution in [3.63, 3.8) is 0 Å². The summed E-state index contributed by atoms with van der Waals surface area (Å²) in [7, 11) is 0. The lowest BCUT2D eigenvalue weighted by atomic mass is 10.0. The van der Waals surface area contributed by atoms with Gasteiger partial charge in [0.25, 0.3) is 5.91 Å². The van der Waals surface area contributed by atoms with E-state index in [1.54, 1.807) is 6.07 Å². The summed E-state index contributed by atoms with van der Waals surface area (Å²) in [6, 6.07) is 2.29. The van der Waals surface area contributed by atoms with Crippen molar-refractivity contribution in [2.75, 3.05) is 39.3 Å². The molecule has 0 saturated carbocycles. The van der Waals surface area contributed by atoms with E-state index in [-0.39, 0.29) is 17.9 Å². The van der Waals surface area contributed by atoms with E-state index in [0.29, 0.717) is 18.3 Å². The molecule has 1 aromatic rings. The molecule has 150 valence electrons. The second-order valence-electron chi connectivity index (χ2n) is 7.56. The molecule has 2 fully saturated rings. The van der Waals surface area contributed by atoms with Gasteiger partial charge in [-0.1, -0.05) is 6.92 Å². The van der Waals surface area contributed by atoms with Crippen LogP contribution in [0.3, 0.4) is 0 Å². The third-order valence-electron chi connectivity index (χ3n) is 5.35. The number of carbonyl (C=O) groups excluding carboxylic acids is 2. The van der Waals surface area contributed by atoms with Gasteiger partial charge in [-0.05, 0) is 44.7 Å². The van der Waals surface area contributed by atoms with E-state index < -0.39 is 0 Å². The maximum absolute atomic E-state index is 12.5. The van der Waals surface area contributed by atoms with Crippen molar-refractivity contribution in [3.8, 4) is 0 Å². The molecule has 0 radical (unpaired) electrons. The average Bonchev–Trinajstić information content (AvgIpc) is 3.19. The number of hydrogen-bond donors (Lipinski definition) is 3. The SMILES string of the molecule is CCCNC(=O)CN1CCC(NC(=O)c2ccn(C3CCCNC3)n2)CC1. The zero-order valence-electron chi connectivity index (χ0n) is 16.2. The summed E-state index contributed by atoms with van der Waals surface area (Å²) >= 11 is 0. The van der Waals surface area contributed by atoms with Crippen molar-refractivity contribution in [1.82, 2.24) is 30.6 Å². The molecule has 2 aliphatic rings. The Morgan fingerprint density at radius 2 is 2.11 bits per heavy atom. The van der Waals surface area contributed by atoms with E-state index in [0.717, 1.165) is 64.8 Å². The fourth-order valence-corrected chi connectivity index (χ4v) is 3.74. The predicted octanol–water partition coefficient (Wildman–Crippen LogP) is 0.528. The van der Waals surface area contributed by atoms with Crippen LogP contribution in [0, 0.1) is 0 Å². The number of likely N-dealkylation sites (tertiary alicyclic amines) is 1. The normalized spacial score (nSPS) is 21.7. The molecule has 1 unspecified atom stereocenters. The van der Waals surface area contributed by atoms with Crippen LogP contribution in [0.25, 0.3) is 0 Å². The van der Waals surface area contributed by atoms with Crippen LogP contribution in [-0.2, 0) is 4.79 Å². The van der Waals surface area contributed by atoms with Crippen molar-refractivity contribution in [2.45, 2.75) is 51.1 Å². The highest BCUT2D eigenvalue weighted by Gasteiger charge is 2.24. The lowest BCUT2D eigenvalue weighted by Crippen LogP contribution is -2.47. The molecule has 1 atom stereocenters. The Morgan fingerprint density at radius 3 is 2.81 bits per heavy atom. The van der Waals surface area contributed by atoms with Gasteiger partial charge < -0.3 is 16.0 Å². The smallest absolute Gasteiger partial charge is 0.271 e. The van der Waals surface area contributed by atoms with Gasteiger partial charge in [-0.3, -0.25) is 19.2 Å². The van der Waals surface area contributed by atoms with Crippen molar-refractivity contribution >= 4 is 11.8 Å². The van der Waals surface area contributed by atoms with Gasteiger partial charge in [0, 0.05) is 38.4 Å². The largest absolute Gasteiger partial charge is 0.355 e. The first kappa shape index (κ1) is 19.8. The van der Waals surface area contributed by atoms with Crippen molar-refractivity contribution in [3.05, 3.63) is 18.0 Å². The third-order valence-corrected chi connectivity index (χ3v) is 5.35. The molecule has 27 heavy (non-hydrogen) atoms. The summed E-state index contributed by atoms with van der Waals surface area (Å²) in [6.45, 7) is 6.84. The minimum Gasteiger partial charge on any atom is -0.355 e. The molecule has 3 N–H and O–H groups in total. The van der Waals surface area contributed by atoms with E-state index in [1.165, 1.54) is 0 Å². The Kier molecular flexibility index (Phi) is 7.23. The number of piperidine rings is 2. The van der Waals surface area contributed by atoms with Gasteiger partial charge >= 0.3 is 0 Å². The first-order valence-electron chi connectivity index (χ1n) is 10.2. The topological polar surface area (TPSA) is 91.3 Å². The van der Waals surface area contributed by atoms with E-state index in [4.69, 9.17) is 0 Å². The van der Waals surface area contributed by atoms with Crippen LogP contribution in [0.15, 0.2) is 12.3 Å². The highest BCUT2D eigenvalue weighted by atomic mass is 16.2. The number of carbonyl (C=O) groups is 2. The quantitative estimate of drug-likeness (QED) is 0.646. The molecule has 1 aromatic heterocycles. The van der Waals surface area contributed by atoms with E-state index in [9.17, 15) is 9.59 Å². The van der Waals surface area contributed by atoms with Crippen molar-refractivity contribution in [1.29, 1.82) is 0 Å². The highest BCUT2D eigenvalue weighted by molar-refractivity contribution is 5.92. The zero-order valence-corrected chi connectivity index (χ0v) is 16.2. The van der Waals surface area contributed by atoms with Crippen LogP contribution in [0.4, 0.5) is 0 Å². The molecular weight excluding hydrogens is 344 g/mol. The Bertz CT molecular complexity index is 617. The van der Waals surface area contributed by atoms with Crippen LogP contribution in [0.1, 0.15) is 55.6 Å². The van der Waals surface area contributed by atoms with Gasteiger partial charge in [-0.15, -0.1) is 0 Å². The summed E-state index contributed by atoms with van der Waals surface area (Å²) in [5, 5.41) is 13.9. The molecule has 3 heterocycles. The summed E-state index contributed by atoms with van der Waals surface area (Å²) in [6.07, 6.45) is 6.82. The molecule has 2 amide bonds. The van der Waals surface area contributed by atoms with Gasteiger partial charge in [-0.2, -0.15) is 5.10 Å². The van der Waals surface area contributed by atoms with Gasteiger partial charge in [0.15, 0.2) is 0 Å². The molecule has 2 aliphatic heterocycles. The third kappa shape index (κ3) is 5.77. The Morgan fingerprint density at radius 1 is 1.30 bits per heavy atom. The van der Waals surface area contributed by atoms with Gasteiger partial charge in [0.05, 0.1) is 12.6 Å². The maximum atomic E-state index is 12.5. The molecule has 8 heteroatoms.